The van der Waals surface area contributed by atoms with E-state index in [-0.39, 0.29) is 13.2 Å². The summed E-state index contributed by atoms with van der Waals surface area (Å²) in [5, 5.41) is 24.8. The van der Waals surface area contributed by atoms with Crippen molar-refractivity contribution in [3.8, 4) is 22.9 Å². The SMILES string of the molecule is COc1ccccc1OCc1nc(-c2cccc3n[nH]nc23)n(CCCO)n1. The molecule has 2 heterocycles. The van der Waals surface area contributed by atoms with Gasteiger partial charge in [0.2, 0.25) is 0 Å². The molecule has 4 rings (SSSR count). The minimum Gasteiger partial charge on any atom is -0.493 e. The summed E-state index contributed by atoms with van der Waals surface area (Å²) in [6.07, 6.45) is 0.567. The minimum absolute atomic E-state index is 0.0699. The molecule has 4 aromatic rings. The lowest BCUT2D eigenvalue weighted by Gasteiger charge is -2.08. The molecule has 0 amide bonds. The number of para-hydroxylation sites is 3. The predicted molar refractivity (Wildman–Crippen MR) is 102 cm³/mol. The third-order valence-corrected chi connectivity index (χ3v) is 4.26. The molecular weight excluding hydrogens is 360 g/mol. The van der Waals surface area contributed by atoms with Crippen LogP contribution in [0.2, 0.25) is 0 Å². The zero-order chi connectivity index (χ0) is 19.3. The molecule has 2 aromatic carbocycles. The number of aryl methyl sites for hydroxylation is 1. The Hall–Kier alpha value is -3.46. The summed E-state index contributed by atoms with van der Waals surface area (Å²) in [4.78, 5) is 4.66. The Kier molecular flexibility index (Phi) is 5.16. The van der Waals surface area contributed by atoms with Gasteiger partial charge >= 0.3 is 0 Å². The fraction of sp³-hybridized carbons (Fsp3) is 0.263. The van der Waals surface area contributed by atoms with Gasteiger partial charge in [-0.15, -0.1) is 0 Å². The highest BCUT2D eigenvalue weighted by Crippen LogP contribution is 2.28. The number of methoxy groups -OCH3 is 1. The number of aromatic amines is 1. The largest absolute Gasteiger partial charge is 0.493 e. The molecule has 0 saturated heterocycles. The van der Waals surface area contributed by atoms with Gasteiger partial charge in [0.1, 0.15) is 17.6 Å². The van der Waals surface area contributed by atoms with Crippen LogP contribution in [0.1, 0.15) is 12.2 Å². The molecule has 2 aromatic heterocycles. The van der Waals surface area contributed by atoms with E-state index in [9.17, 15) is 5.11 Å². The standard InChI is InChI=1S/C19H20N6O3/c1-27-15-8-2-3-9-16(15)28-12-17-20-19(25(23-17)10-5-11-26)13-6-4-7-14-18(13)22-24-21-14/h2-4,6-9,26H,5,10-12H2,1H3,(H,21,22,24). The van der Waals surface area contributed by atoms with E-state index in [4.69, 9.17) is 9.47 Å². The number of H-pyrrole nitrogens is 1. The number of hydrogen-bond donors (Lipinski definition) is 2. The molecule has 0 atom stereocenters. The summed E-state index contributed by atoms with van der Waals surface area (Å²) in [5.41, 5.74) is 2.29. The van der Waals surface area contributed by atoms with Crippen molar-refractivity contribution >= 4 is 11.0 Å². The highest BCUT2D eigenvalue weighted by atomic mass is 16.5. The molecule has 0 fully saturated rings. The molecule has 2 N–H and O–H groups in total. The number of hydrogen-bond acceptors (Lipinski definition) is 7. The van der Waals surface area contributed by atoms with Crippen LogP contribution < -0.4 is 9.47 Å². The van der Waals surface area contributed by atoms with Crippen molar-refractivity contribution in [2.24, 2.45) is 0 Å². The Morgan fingerprint density at radius 1 is 1.07 bits per heavy atom. The van der Waals surface area contributed by atoms with Crippen molar-refractivity contribution in [3.05, 3.63) is 48.3 Å². The number of nitrogens with zero attached hydrogens (tertiary/aromatic N) is 5. The fourth-order valence-electron chi connectivity index (χ4n) is 2.95. The van der Waals surface area contributed by atoms with Gasteiger partial charge in [0, 0.05) is 18.7 Å². The van der Waals surface area contributed by atoms with Gasteiger partial charge in [-0.25, -0.2) is 9.67 Å². The van der Waals surface area contributed by atoms with Crippen LogP contribution >= 0.6 is 0 Å². The first kappa shape index (κ1) is 17.9. The number of aliphatic hydroxyl groups excluding tert-OH is 1. The van der Waals surface area contributed by atoms with Crippen molar-refractivity contribution in [1.82, 2.24) is 30.2 Å². The number of ether oxygens (including phenoxy) is 2. The van der Waals surface area contributed by atoms with E-state index in [0.29, 0.717) is 36.1 Å². The maximum atomic E-state index is 9.22. The fourth-order valence-corrected chi connectivity index (χ4v) is 2.95. The van der Waals surface area contributed by atoms with Crippen LogP contribution in [0, 0.1) is 0 Å². The molecule has 28 heavy (non-hydrogen) atoms. The van der Waals surface area contributed by atoms with Gasteiger partial charge in [0.15, 0.2) is 23.1 Å². The molecule has 144 valence electrons. The minimum atomic E-state index is 0.0699. The molecule has 0 saturated carbocycles. The number of benzene rings is 2. The average Bonchev–Trinajstić information content (AvgIpc) is 3.37. The van der Waals surface area contributed by atoms with Crippen LogP contribution in [0.25, 0.3) is 22.4 Å². The lowest BCUT2D eigenvalue weighted by atomic mass is 10.1. The van der Waals surface area contributed by atoms with E-state index in [1.165, 1.54) is 0 Å². The Labute approximate surface area is 160 Å². The van der Waals surface area contributed by atoms with E-state index in [0.717, 1.165) is 16.6 Å². The molecule has 0 radical (unpaired) electrons. The number of aliphatic hydroxyl groups is 1. The highest BCUT2D eigenvalue weighted by Gasteiger charge is 2.17. The topological polar surface area (TPSA) is 111 Å². The van der Waals surface area contributed by atoms with Gasteiger partial charge in [-0.05, 0) is 30.7 Å². The second-order valence-electron chi connectivity index (χ2n) is 6.09. The van der Waals surface area contributed by atoms with E-state index in [1.807, 2.05) is 42.5 Å². The highest BCUT2D eigenvalue weighted by molar-refractivity contribution is 5.89. The van der Waals surface area contributed by atoms with Crippen LogP contribution in [0.5, 0.6) is 11.5 Å². The van der Waals surface area contributed by atoms with Crippen molar-refractivity contribution < 1.29 is 14.6 Å². The molecular formula is C19H20N6O3. The number of nitrogens with one attached hydrogen (secondary N) is 1. The predicted octanol–water partition coefficient (Wildman–Crippen LogP) is 2.19. The number of aromatic nitrogens is 6. The van der Waals surface area contributed by atoms with Gasteiger partial charge < -0.3 is 14.6 Å². The first-order valence-electron chi connectivity index (χ1n) is 8.90. The molecule has 0 spiro atoms. The number of rotatable bonds is 8. The lowest BCUT2D eigenvalue weighted by molar-refractivity contribution is 0.270. The van der Waals surface area contributed by atoms with Crippen LogP contribution in [0.3, 0.4) is 0 Å². The van der Waals surface area contributed by atoms with Crippen molar-refractivity contribution in [2.75, 3.05) is 13.7 Å². The summed E-state index contributed by atoms with van der Waals surface area (Å²) in [6.45, 7) is 0.788. The molecule has 0 aliphatic rings. The Bertz CT molecular complexity index is 1070. The van der Waals surface area contributed by atoms with Crippen molar-refractivity contribution in [1.29, 1.82) is 0 Å². The summed E-state index contributed by atoms with van der Waals surface area (Å²) in [7, 11) is 1.60. The summed E-state index contributed by atoms with van der Waals surface area (Å²) < 4.78 is 12.9. The maximum Gasteiger partial charge on any atom is 0.188 e. The average molecular weight is 380 g/mol. The normalized spacial score (nSPS) is 11.1. The van der Waals surface area contributed by atoms with E-state index in [2.05, 4.69) is 25.5 Å². The van der Waals surface area contributed by atoms with E-state index in [1.54, 1.807) is 11.8 Å². The third kappa shape index (κ3) is 3.52. The first-order valence-corrected chi connectivity index (χ1v) is 8.90. The molecule has 0 aliphatic heterocycles. The zero-order valence-corrected chi connectivity index (χ0v) is 15.4. The van der Waals surface area contributed by atoms with Gasteiger partial charge in [0.25, 0.3) is 0 Å². The van der Waals surface area contributed by atoms with Gasteiger partial charge in [0.05, 0.1) is 7.11 Å². The summed E-state index contributed by atoms with van der Waals surface area (Å²) in [5.74, 6) is 2.46. The second-order valence-corrected chi connectivity index (χ2v) is 6.09. The molecule has 0 unspecified atom stereocenters. The summed E-state index contributed by atoms with van der Waals surface area (Å²) in [6, 6.07) is 13.1. The Morgan fingerprint density at radius 3 is 2.75 bits per heavy atom. The van der Waals surface area contributed by atoms with Crippen LogP contribution in [-0.4, -0.2) is 49.0 Å². The second kappa shape index (κ2) is 8.05. The first-order chi connectivity index (χ1) is 13.8. The lowest BCUT2D eigenvalue weighted by Crippen LogP contribution is -2.05. The van der Waals surface area contributed by atoms with E-state index < -0.39 is 0 Å². The maximum absolute atomic E-state index is 9.22. The smallest absolute Gasteiger partial charge is 0.188 e. The Morgan fingerprint density at radius 2 is 1.93 bits per heavy atom. The van der Waals surface area contributed by atoms with Gasteiger partial charge in [-0.3, -0.25) is 0 Å². The van der Waals surface area contributed by atoms with E-state index >= 15 is 0 Å². The zero-order valence-electron chi connectivity index (χ0n) is 15.4. The molecule has 9 heteroatoms. The van der Waals surface area contributed by atoms with Gasteiger partial charge in [-0.2, -0.15) is 20.5 Å². The van der Waals surface area contributed by atoms with Crippen LogP contribution in [-0.2, 0) is 13.2 Å². The monoisotopic (exact) mass is 380 g/mol. The van der Waals surface area contributed by atoms with Gasteiger partial charge in [-0.1, -0.05) is 18.2 Å². The third-order valence-electron chi connectivity index (χ3n) is 4.26. The van der Waals surface area contributed by atoms with Crippen LogP contribution in [0.15, 0.2) is 42.5 Å². The van der Waals surface area contributed by atoms with Crippen LogP contribution in [0.4, 0.5) is 0 Å². The Balaban J connectivity index is 1.65. The quantitative estimate of drug-likeness (QED) is 0.482. The molecule has 0 aliphatic carbocycles. The number of fused-ring (bicyclic) bond motifs is 1. The summed E-state index contributed by atoms with van der Waals surface area (Å²) >= 11 is 0. The van der Waals surface area contributed by atoms with Crippen molar-refractivity contribution in [3.63, 3.8) is 0 Å². The van der Waals surface area contributed by atoms with Crippen molar-refractivity contribution in [2.45, 2.75) is 19.6 Å². The molecule has 0 bridgehead atoms. The molecule has 9 nitrogen and oxygen atoms in total.